The highest BCUT2D eigenvalue weighted by Gasteiger charge is 2.43. The third kappa shape index (κ3) is 7.94. The number of amides is 2. The lowest BCUT2D eigenvalue weighted by Gasteiger charge is -2.27. The van der Waals surface area contributed by atoms with Gasteiger partial charge in [0.15, 0.2) is 5.03 Å². The lowest BCUT2D eigenvalue weighted by atomic mass is 9.75. The molecular formula is C19H35BN6O6. The Morgan fingerprint density at radius 3 is 2.47 bits per heavy atom. The summed E-state index contributed by atoms with van der Waals surface area (Å²) in [5, 5.41) is 44.1. The first kappa shape index (κ1) is 25.9. The summed E-state index contributed by atoms with van der Waals surface area (Å²) in [6.45, 7) is 3.98. The van der Waals surface area contributed by atoms with Crippen LogP contribution in [-0.4, -0.2) is 58.5 Å². The van der Waals surface area contributed by atoms with Crippen LogP contribution in [0.15, 0.2) is 0 Å². The smallest absolute Gasteiger partial charge is 0.426 e. The Balaban J connectivity index is 1.95. The second-order valence-corrected chi connectivity index (χ2v) is 9.31. The van der Waals surface area contributed by atoms with Crippen LogP contribution in [0.25, 0.3) is 0 Å². The molecule has 2 amide bonds. The minimum atomic E-state index is -1.72. The van der Waals surface area contributed by atoms with Crippen LogP contribution in [0.4, 0.5) is 0 Å². The molecule has 2 saturated carbocycles. The maximum Gasteiger partial charge on any atom is 0.475 e. The van der Waals surface area contributed by atoms with Gasteiger partial charge >= 0.3 is 7.12 Å². The van der Waals surface area contributed by atoms with Crippen molar-refractivity contribution in [1.29, 1.82) is 5.41 Å². The Labute approximate surface area is 188 Å². The molecule has 13 heteroatoms. The Bertz CT molecular complexity index is 693. The number of nitro groups is 1. The number of hydrazine groups is 1. The van der Waals surface area contributed by atoms with Gasteiger partial charge in [-0.3, -0.25) is 15.0 Å². The summed E-state index contributed by atoms with van der Waals surface area (Å²) in [6, 6.07) is -0.880. The number of guanidine groups is 1. The van der Waals surface area contributed by atoms with Gasteiger partial charge in [-0.25, -0.2) is 10.1 Å². The van der Waals surface area contributed by atoms with Crippen molar-refractivity contribution >= 4 is 24.9 Å². The van der Waals surface area contributed by atoms with Gasteiger partial charge in [-0.1, -0.05) is 25.7 Å². The van der Waals surface area contributed by atoms with Crippen molar-refractivity contribution in [1.82, 2.24) is 21.4 Å². The lowest BCUT2D eigenvalue weighted by Crippen LogP contribution is -2.55. The van der Waals surface area contributed by atoms with E-state index in [0.717, 1.165) is 25.7 Å². The quantitative estimate of drug-likeness (QED) is 0.0514. The fourth-order valence-corrected chi connectivity index (χ4v) is 4.81. The molecule has 0 aromatic heterocycles. The van der Waals surface area contributed by atoms with Gasteiger partial charge in [-0.2, -0.15) is 0 Å². The highest BCUT2D eigenvalue weighted by atomic mass is 16.7. The predicted molar refractivity (Wildman–Crippen MR) is 118 cm³/mol. The molecule has 5 atom stereocenters. The molecule has 2 bridgehead atoms. The van der Waals surface area contributed by atoms with Crippen molar-refractivity contribution in [3.63, 3.8) is 0 Å². The summed E-state index contributed by atoms with van der Waals surface area (Å²) < 4.78 is 0. The molecule has 0 saturated heterocycles. The van der Waals surface area contributed by atoms with Crippen LogP contribution in [-0.2, 0) is 9.59 Å². The van der Waals surface area contributed by atoms with Crippen LogP contribution in [0.2, 0.25) is 0 Å². The number of nitrogens with zero attached hydrogens (tertiary/aromatic N) is 1. The minimum Gasteiger partial charge on any atom is -0.426 e. The average Bonchev–Trinajstić information content (AvgIpc) is 3.32. The number of hydrogen-bond donors (Lipinski definition) is 7. The van der Waals surface area contributed by atoms with Crippen molar-refractivity contribution < 1.29 is 24.7 Å². The number of carbonyl (C=O) groups is 2. The average molecular weight is 454 g/mol. The first-order chi connectivity index (χ1) is 15.1. The molecule has 12 nitrogen and oxygen atoms in total. The monoisotopic (exact) mass is 454 g/mol. The van der Waals surface area contributed by atoms with E-state index in [1.54, 1.807) is 5.43 Å². The van der Waals surface area contributed by atoms with Crippen molar-refractivity contribution in [2.24, 2.45) is 23.7 Å². The number of fused-ring (bicyclic) bond motifs is 2. The van der Waals surface area contributed by atoms with Crippen LogP contribution >= 0.6 is 0 Å². The van der Waals surface area contributed by atoms with Crippen LogP contribution in [0.3, 0.4) is 0 Å². The Morgan fingerprint density at radius 1 is 1.22 bits per heavy atom. The van der Waals surface area contributed by atoms with Crippen LogP contribution < -0.4 is 21.4 Å². The van der Waals surface area contributed by atoms with Crippen molar-refractivity contribution in [2.45, 2.75) is 70.8 Å². The normalized spacial score (nSPS) is 23.3. The predicted octanol–water partition coefficient (Wildman–Crippen LogP) is -0.464. The van der Waals surface area contributed by atoms with E-state index in [9.17, 15) is 29.8 Å². The van der Waals surface area contributed by atoms with Crippen LogP contribution in [0, 0.1) is 39.2 Å². The third-order valence-corrected chi connectivity index (χ3v) is 6.30. The van der Waals surface area contributed by atoms with Crippen LogP contribution in [0.1, 0.15) is 58.8 Å². The Kier molecular flexibility index (Phi) is 9.70. The van der Waals surface area contributed by atoms with Gasteiger partial charge in [-0.15, -0.1) is 0 Å². The fourth-order valence-electron chi connectivity index (χ4n) is 4.81. The second kappa shape index (κ2) is 12.0. The lowest BCUT2D eigenvalue weighted by molar-refractivity contribution is -0.525. The summed E-state index contributed by atoms with van der Waals surface area (Å²) in [5.41, 5.74) is 1.68. The number of nitrogens with one attached hydrogen (secondary N) is 5. The van der Waals surface area contributed by atoms with E-state index in [1.807, 2.05) is 13.8 Å². The molecule has 180 valence electrons. The molecule has 0 aromatic rings. The minimum absolute atomic E-state index is 0.102. The Morgan fingerprint density at radius 2 is 1.94 bits per heavy atom. The topological polar surface area (TPSA) is 190 Å². The molecule has 3 unspecified atom stereocenters. The molecule has 0 aromatic carbocycles. The van der Waals surface area contributed by atoms with E-state index in [4.69, 9.17) is 5.41 Å². The van der Waals surface area contributed by atoms with E-state index < -0.39 is 36.0 Å². The molecule has 32 heavy (non-hydrogen) atoms. The summed E-state index contributed by atoms with van der Waals surface area (Å²) >= 11 is 0. The van der Waals surface area contributed by atoms with Gasteiger partial charge < -0.3 is 26.0 Å². The molecule has 0 heterocycles. The zero-order valence-corrected chi connectivity index (χ0v) is 18.7. The van der Waals surface area contributed by atoms with E-state index in [-0.39, 0.29) is 30.7 Å². The standard InChI is InChI=1S/C19H35BN6O6/c1-11(2)8-16(20(29)30)24-18(28)15(4-3-7-22-19(21)25-26(31)32)23-17(27)14-10-12-5-6-13(14)9-12/h11-16,29-30H,3-10H2,1-2H3,(H,23,27)(H,24,28)(H3,21,22,25)/t12?,13?,14?,15-,16-/m0/s1. The van der Waals surface area contributed by atoms with Gasteiger partial charge in [-0.05, 0) is 56.3 Å². The highest BCUT2D eigenvalue weighted by molar-refractivity contribution is 6.43. The molecule has 2 fully saturated rings. The molecule has 2 aliphatic rings. The summed E-state index contributed by atoms with van der Waals surface area (Å²) in [5.74, 6) is -1.04. The molecule has 0 spiro atoms. The maximum absolute atomic E-state index is 12.9. The first-order valence-electron chi connectivity index (χ1n) is 11.3. The number of rotatable bonds is 12. The van der Waals surface area contributed by atoms with Gasteiger partial charge in [0.2, 0.25) is 11.8 Å². The SMILES string of the molecule is CC(C)C[C@H](NC(=O)[C@H](CCCNC(=N)N[N+](=O)[O-])NC(=O)C1CC2CCC1C2)B(O)O. The summed E-state index contributed by atoms with van der Waals surface area (Å²) in [7, 11) is -1.72. The second-order valence-electron chi connectivity index (χ2n) is 9.31. The summed E-state index contributed by atoms with van der Waals surface area (Å²) in [4.78, 5) is 36.1. The van der Waals surface area contributed by atoms with Crippen molar-refractivity contribution in [2.75, 3.05) is 6.54 Å². The van der Waals surface area contributed by atoms with Crippen LogP contribution in [0.5, 0.6) is 0 Å². The third-order valence-electron chi connectivity index (χ3n) is 6.30. The van der Waals surface area contributed by atoms with E-state index in [0.29, 0.717) is 24.7 Å². The molecule has 0 aliphatic heterocycles. The molecule has 2 aliphatic carbocycles. The zero-order chi connectivity index (χ0) is 23.8. The fraction of sp³-hybridized carbons (Fsp3) is 0.842. The maximum atomic E-state index is 12.9. The molecule has 7 N–H and O–H groups in total. The van der Waals surface area contributed by atoms with Gasteiger partial charge in [0, 0.05) is 12.5 Å². The van der Waals surface area contributed by atoms with E-state index in [2.05, 4.69) is 16.0 Å². The van der Waals surface area contributed by atoms with Crippen molar-refractivity contribution in [3.8, 4) is 0 Å². The van der Waals surface area contributed by atoms with E-state index in [1.165, 1.54) is 0 Å². The highest BCUT2D eigenvalue weighted by Crippen LogP contribution is 2.48. The zero-order valence-electron chi connectivity index (χ0n) is 18.7. The summed E-state index contributed by atoms with van der Waals surface area (Å²) in [6.07, 6.45) is 5.02. The molecular weight excluding hydrogens is 419 g/mol. The van der Waals surface area contributed by atoms with Gasteiger partial charge in [0.05, 0.1) is 5.94 Å². The largest absolute Gasteiger partial charge is 0.475 e. The molecule has 0 radical (unpaired) electrons. The number of hydrogen-bond acceptors (Lipinski definition) is 7. The van der Waals surface area contributed by atoms with Crippen molar-refractivity contribution in [3.05, 3.63) is 10.1 Å². The van der Waals surface area contributed by atoms with Gasteiger partial charge in [0.1, 0.15) is 6.04 Å². The van der Waals surface area contributed by atoms with E-state index >= 15 is 0 Å². The molecule has 2 rings (SSSR count). The first-order valence-corrected chi connectivity index (χ1v) is 11.3. The number of carbonyl (C=O) groups excluding carboxylic acids is 2. The Hall–Kier alpha value is -2.41. The van der Waals surface area contributed by atoms with Gasteiger partial charge in [0.25, 0.3) is 5.96 Å².